The number of hydrogen-bond donors (Lipinski definition) is 0. The van der Waals surface area contributed by atoms with Crippen molar-refractivity contribution in [2.24, 2.45) is 0 Å². The first-order valence-corrected chi connectivity index (χ1v) is 6.28. The van der Waals surface area contributed by atoms with Crippen molar-refractivity contribution in [3.05, 3.63) is 0 Å². The first-order chi connectivity index (χ1) is 6.14. The molecule has 0 atom stereocenters. The quantitative estimate of drug-likeness (QED) is 0.541. The summed E-state index contributed by atoms with van der Waals surface area (Å²) < 4.78 is 2.47. The number of hydrogen-bond acceptors (Lipinski definition) is 2. The largest absolute Gasteiger partial charge is 0.293 e. The van der Waals surface area contributed by atoms with Crippen LogP contribution in [-0.4, -0.2) is 39.2 Å². The van der Waals surface area contributed by atoms with Crippen molar-refractivity contribution in [1.29, 1.82) is 0 Å². The molecule has 1 spiro atoms. The smallest absolute Gasteiger partial charge is 0.0347 e. The van der Waals surface area contributed by atoms with Gasteiger partial charge in [-0.05, 0) is 33.1 Å². The summed E-state index contributed by atoms with van der Waals surface area (Å²) in [4.78, 5) is 2.73. The van der Waals surface area contributed by atoms with E-state index in [0.717, 1.165) is 6.04 Å². The predicted molar refractivity (Wildman–Crippen MR) is 64.0 cm³/mol. The van der Waals surface area contributed by atoms with Crippen molar-refractivity contribution in [2.45, 2.75) is 44.7 Å². The fraction of sp³-hybridized carbons (Fsp3) is 1.00. The minimum atomic E-state index is 0.563. The highest BCUT2D eigenvalue weighted by Gasteiger charge is 2.46. The minimum Gasteiger partial charge on any atom is -0.293 e. The molecular formula is C10H19IN2. The summed E-state index contributed by atoms with van der Waals surface area (Å²) in [6.07, 6.45) is 4.28. The zero-order chi connectivity index (χ0) is 9.47. The summed E-state index contributed by atoms with van der Waals surface area (Å²) in [6.45, 7) is 8.46. The van der Waals surface area contributed by atoms with Gasteiger partial charge < -0.3 is 0 Å². The van der Waals surface area contributed by atoms with Crippen LogP contribution in [0.15, 0.2) is 0 Å². The number of nitrogens with zero attached hydrogens (tertiary/aromatic N) is 2. The maximum Gasteiger partial charge on any atom is 0.0347 e. The van der Waals surface area contributed by atoms with E-state index in [-0.39, 0.29) is 0 Å². The molecule has 0 aromatic rings. The Bertz CT molecular complexity index is 189. The van der Waals surface area contributed by atoms with E-state index < -0.39 is 0 Å². The SMILES string of the molecule is CC(C)N1CCN(I)CC12CCC2. The zero-order valence-electron chi connectivity index (χ0n) is 8.59. The molecule has 1 heterocycles. The molecule has 1 saturated carbocycles. The van der Waals surface area contributed by atoms with Gasteiger partial charge in [-0.2, -0.15) is 0 Å². The molecule has 2 nitrogen and oxygen atoms in total. The van der Waals surface area contributed by atoms with Crippen molar-refractivity contribution in [3.63, 3.8) is 0 Å². The van der Waals surface area contributed by atoms with Crippen LogP contribution in [0.3, 0.4) is 0 Å². The van der Waals surface area contributed by atoms with Gasteiger partial charge in [-0.3, -0.25) is 4.90 Å². The Morgan fingerprint density at radius 3 is 2.38 bits per heavy atom. The third-order valence-corrected chi connectivity index (χ3v) is 4.39. The average Bonchev–Trinajstić information content (AvgIpc) is 2.00. The molecule has 1 aliphatic carbocycles. The summed E-state index contributed by atoms with van der Waals surface area (Å²) >= 11 is 2.48. The average molecular weight is 294 g/mol. The van der Waals surface area contributed by atoms with E-state index in [1.165, 1.54) is 38.9 Å². The Labute approximate surface area is 95.2 Å². The molecule has 1 saturated heterocycles. The summed E-state index contributed by atoms with van der Waals surface area (Å²) in [5, 5.41) is 0. The Morgan fingerprint density at radius 2 is 1.92 bits per heavy atom. The first-order valence-electron chi connectivity index (χ1n) is 5.31. The molecule has 0 bridgehead atoms. The molecule has 2 aliphatic rings. The van der Waals surface area contributed by atoms with Crippen LogP contribution in [0.2, 0.25) is 0 Å². The second-order valence-corrected chi connectivity index (χ2v) is 6.07. The Hall–Kier alpha value is 0.650. The van der Waals surface area contributed by atoms with Crippen LogP contribution in [0, 0.1) is 0 Å². The molecule has 2 rings (SSSR count). The van der Waals surface area contributed by atoms with Gasteiger partial charge in [0.15, 0.2) is 0 Å². The molecule has 2 fully saturated rings. The maximum absolute atomic E-state index is 2.73. The monoisotopic (exact) mass is 294 g/mol. The van der Waals surface area contributed by atoms with Crippen LogP contribution in [0.4, 0.5) is 0 Å². The highest BCUT2D eigenvalue weighted by atomic mass is 127. The molecule has 76 valence electrons. The van der Waals surface area contributed by atoms with Gasteiger partial charge >= 0.3 is 0 Å². The second-order valence-electron chi connectivity index (χ2n) is 4.71. The number of halogens is 1. The maximum atomic E-state index is 2.73. The topological polar surface area (TPSA) is 6.48 Å². The van der Waals surface area contributed by atoms with Crippen LogP contribution >= 0.6 is 22.9 Å². The minimum absolute atomic E-state index is 0.563. The standard InChI is InChI=1S/C10H19IN2/c1-9(2)13-7-6-12(11)8-10(13)4-3-5-10/h9H,3-8H2,1-2H3. The zero-order valence-corrected chi connectivity index (χ0v) is 10.7. The molecule has 0 radical (unpaired) electrons. The molecule has 13 heavy (non-hydrogen) atoms. The fourth-order valence-corrected chi connectivity index (χ4v) is 3.63. The molecule has 0 N–H and O–H groups in total. The fourth-order valence-electron chi connectivity index (χ4n) is 2.78. The van der Waals surface area contributed by atoms with Crippen LogP contribution < -0.4 is 0 Å². The molecule has 0 amide bonds. The van der Waals surface area contributed by atoms with Crippen molar-refractivity contribution in [3.8, 4) is 0 Å². The Kier molecular flexibility index (Phi) is 2.87. The highest BCUT2D eigenvalue weighted by molar-refractivity contribution is 14.1. The van der Waals surface area contributed by atoms with Gasteiger partial charge in [0.25, 0.3) is 0 Å². The summed E-state index contributed by atoms with van der Waals surface area (Å²) in [5.41, 5.74) is 0.563. The highest BCUT2D eigenvalue weighted by Crippen LogP contribution is 2.41. The van der Waals surface area contributed by atoms with Gasteiger partial charge in [0, 0.05) is 54.1 Å². The normalized spacial score (nSPS) is 29.5. The van der Waals surface area contributed by atoms with Gasteiger partial charge in [-0.1, -0.05) is 0 Å². The van der Waals surface area contributed by atoms with Crippen molar-refractivity contribution >= 4 is 22.9 Å². The lowest BCUT2D eigenvalue weighted by Gasteiger charge is -2.56. The van der Waals surface area contributed by atoms with Crippen molar-refractivity contribution in [1.82, 2.24) is 8.01 Å². The number of rotatable bonds is 1. The van der Waals surface area contributed by atoms with Gasteiger partial charge in [-0.15, -0.1) is 0 Å². The lowest BCUT2D eigenvalue weighted by atomic mass is 9.73. The van der Waals surface area contributed by atoms with Gasteiger partial charge in [0.2, 0.25) is 0 Å². The molecule has 0 aromatic heterocycles. The van der Waals surface area contributed by atoms with Crippen LogP contribution in [-0.2, 0) is 0 Å². The second kappa shape index (κ2) is 3.66. The molecular weight excluding hydrogens is 275 g/mol. The van der Waals surface area contributed by atoms with E-state index in [9.17, 15) is 0 Å². The molecule has 0 aromatic carbocycles. The first kappa shape index (κ1) is 10.2. The number of piperazine rings is 1. The lowest BCUT2D eigenvalue weighted by molar-refractivity contribution is -0.0427. The summed E-state index contributed by atoms with van der Waals surface area (Å²) in [7, 11) is 0. The molecule has 3 heteroatoms. The van der Waals surface area contributed by atoms with E-state index >= 15 is 0 Å². The van der Waals surface area contributed by atoms with E-state index in [2.05, 4.69) is 44.7 Å². The Morgan fingerprint density at radius 1 is 1.23 bits per heavy atom. The van der Waals surface area contributed by atoms with Gasteiger partial charge in [-0.25, -0.2) is 3.11 Å². The summed E-state index contributed by atoms with van der Waals surface area (Å²) in [6, 6.07) is 0.727. The third-order valence-electron chi connectivity index (χ3n) is 3.57. The molecule has 1 aliphatic heterocycles. The van der Waals surface area contributed by atoms with Gasteiger partial charge in [0.05, 0.1) is 0 Å². The van der Waals surface area contributed by atoms with E-state index in [0.29, 0.717) is 5.54 Å². The van der Waals surface area contributed by atoms with E-state index in [1.54, 1.807) is 0 Å². The van der Waals surface area contributed by atoms with Gasteiger partial charge in [0.1, 0.15) is 0 Å². The molecule has 0 unspecified atom stereocenters. The Balaban J connectivity index is 2.08. The van der Waals surface area contributed by atoms with Crippen LogP contribution in [0.5, 0.6) is 0 Å². The summed E-state index contributed by atoms with van der Waals surface area (Å²) in [5.74, 6) is 0. The predicted octanol–water partition coefficient (Wildman–Crippen LogP) is 2.29. The van der Waals surface area contributed by atoms with E-state index in [1.807, 2.05) is 0 Å². The van der Waals surface area contributed by atoms with Crippen molar-refractivity contribution < 1.29 is 0 Å². The van der Waals surface area contributed by atoms with Crippen molar-refractivity contribution in [2.75, 3.05) is 19.6 Å². The lowest BCUT2D eigenvalue weighted by Crippen LogP contribution is -2.65. The van der Waals surface area contributed by atoms with Crippen LogP contribution in [0.1, 0.15) is 33.1 Å². The van der Waals surface area contributed by atoms with E-state index in [4.69, 9.17) is 0 Å². The third kappa shape index (κ3) is 1.75. The van der Waals surface area contributed by atoms with Crippen LogP contribution in [0.25, 0.3) is 0 Å².